The van der Waals surface area contributed by atoms with E-state index >= 15 is 0 Å². The first-order valence-electron chi connectivity index (χ1n) is 8.17. The zero-order valence-corrected chi connectivity index (χ0v) is 17.6. The molecule has 26 heavy (non-hydrogen) atoms. The van der Waals surface area contributed by atoms with E-state index in [0.717, 1.165) is 5.56 Å². The number of methoxy groups -OCH3 is 1. The first-order chi connectivity index (χ1) is 12.6. The molecule has 1 aliphatic heterocycles. The summed E-state index contributed by atoms with van der Waals surface area (Å²) in [7, 11) is 1.54. The summed E-state index contributed by atoms with van der Waals surface area (Å²) in [6.45, 7) is -0.136. The molecule has 0 spiro atoms. The number of hydrogen-bond donors (Lipinski definition) is 2. The van der Waals surface area contributed by atoms with Crippen LogP contribution in [-0.2, 0) is 11.4 Å². The van der Waals surface area contributed by atoms with Crippen molar-refractivity contribution in [2.75, 3.05) is 12.4 Å². The monoisotopic (exact) mass is 454 g/mol. The molecule has 0 saturated heterocycles. The molecule has 0 aliphatic carbocycles. The van der Waals surface area contributed by atoms with Crippen LogP contribution >= 0.6 is 0 Å². The van der Waals surface area contributed by atoms with Gasteiger partial charge in [-0.15, -0.1) is 0 Å². The van der Waals surface area contributed by atoms with Gasteiger partial charge in [0.1, 0.15) is 0 Å². The van der Waals surface area contributed by atoms with Gasteiger partial charge in [0.05, 0.1) is 0 Å². The average molecular weight is 454 g/mol. The number of halogens is 1. The summed E-state index contributed by atoms with van der Waals surface area (Å²) >= 11 is -1.55. The van der Waals surface area contributed by atoms with Crippen LogP contribution in [0.1, 0.15) is 17.2 Å². The summed E-state index contributed by atoms with van der Waals surface area (Å²) < 4.78 is 20.4. The first-order valence-corrected chi connectivity index (χ1v) is 11.7. The van der Waals surface area contributed by atoms with Crippen molar-refractivity contribution in [1.29, 1.82) is 0 Å². The fourth-order valence-corrected chi connectivity index (χ4v) is 5.30. The van der Waals surface area contributed by atoms with E-state index in [-0.39, 0.29) is 16.0 Å². The Kier molecular flexibility index (Phi) is 6.16. The Labute approximate surface area is 162 Å². The zero-order valence-electron chi connectivity index (χ0n) is 14.3. The van der Waals surface area contributed by atoms with E-state index in [4.69, 9.17) is 4.74 Å². The fraction of sp³-hybridized carbons (Fsp3) is 0.150. The van der Waals surface area contributed by atoms with Gasteiger partial charge in [-0.25, -0.2) is 0 Å². The number of Topliss-reactive ketones (excluding diaryl/α,β-unsaturated/α-hetero) is 1. The van der Waals surface area contributed by atoms with Crippen molar-refractivity contribution in [3.63, 3.8) is 0 Å². The number of carbonyl (C=O) groups excluding carboxylic acids is 1. The molecular weight excluding hydrogens is 436 g/mol. The van der Waals surface area contributed by atoms with Crippen LogP contribution in [0.5, 0.6) is 5.75 Å². The summed E-state index contributed by atoms with van der Waals surface area (Å²) in [5, 5.41) is 12.7. The zero-order chi connectivity index (χ0) is 18.5. The Bertz CT molecular complexity index is 842. The number of hydrogen-bond acceptors (Lipinski definition) is 4. The van der Waals surface area contributed by atoms with E-state index in [1.165, 1.54) is 6.08 Å². The van der Waals surface area contributed by atoms with Crippen molar-refractivity contribution in [3.05, 3.63) is 78.7 Å². The van der Waals surface area contributed by atoms with Gasteiger partial charge in [-0.1, -0.05) is 0 Å². The first kappa shape index (κ1) is 18.7. The number of benzene rings is 2. The molecule has 0 aromatic heterocycles. The van der Waals surface area contributed by atoms with Gasteiger partial charge in [-0.3, -0.25) is 0 Å². The van der Waals surface area contributed by atoms with Crippen LogP contribution < -0.4 is 10.1 Å². The molecule has 0 saturated carbocycles. The second-order valence-electron chi connectivity index (χ2n) is 5.90. The number of ketones is 1. The molecule has 0 fully saturated rings. The number of aliphatic hydroxyl groups is 1. The summed E-state index contributed by atoms with van der Waals surface area (Å²) in [4.78, 5) is 13.0. The van der Waals surface area contributed by atoms with Crippen molar-refractivity contribution in [2.24, 2.45) is 0 Å². The van der Waals surface area contributed by atoms with Gasteiger partial charge in [-0.05, 0) is 0 Å². The molecule has 2 aromatic carbocycles. The van der Waals surface area contributed by atoms with Crippen molar-refractivity contribution in [3.8, 4) is 5.75 Å². The Morgan fingerprint density at radius 2 is 2.04 bits per heavy atom. The van der Waals surface area contributed by atoms with Crippen LogP contribution in [0, 0.1) is 0 Å². The van der Waals surface area contributed by atoms with Crippen molar-refractivity contribution in [1.82, 2.24) is 0 Å². The molecule has 2 aromatic rings. The number of rotatable bonds is 7. The second-order valence-corrected chi connectivity index (χ2v) is 9.37. The molecule has 1 atom stereocenters. The minimum absolute atomic E-state index is 0.126. The third kappa shape index (κ3) is 4.37. The third-order valence-electron chi connectivity index (χ3n) is 4.09. The van der Waals surface area contributed by atoms with E-state index in [1.54, 1.807) is 29.1 Å². The summed E-state index contributed by atoms with van der Waals surface area (Å²) in [6, 6.07) is 13.9. The molecular formula is C20H18FInNO3. The van der Waals surface area contributed by atoms with Crippen LogP contribution in [0.15, 0.2) is 67.6 Å². The second kappa shape index (κ2) is 8.56. The number of allylic oxidation sites excluding steroid dienone is 1. The standard InChI is InChI=1S/C20H18FNO3.In/c1-14(8-9-21)20(24)19(16-6-4-3-5-7-16)22-17-10-15(13-23)11-18(12-17)25-2;/h1,3-8,10-12,19,22-23H,13H2,2H3;. The topological polar surface area (TPSA) is 58.6 Å². The minimum atomic E-state index is -1.55. The van der Waals surface area contributed by atoms with Gasteiger partial charge in [0, 0.05) is 0 Å². The van der Waals surface area contributed by atoms with Crippen molar-refractivity contribution < 1.29 is 19.0 Å². The molecule has 1 aliphatic rings. The summed E-state index contributed by atoms with van der Waals surface area (Å²) in [5.41, 5.74) is 2.56. The molecule has 2 N–H and O–H groups in total. The maximum atomic E-state index is 13.5. The van der Waals surface area contributed by atoms with Crippen LogP contribution in [0.25, 0.3) is 0 Å². The predicted molar refractivity (Wildman–Crippen MR) is 99.8 cm³/mol. The van der Waals surface area contributed by atoms with E-state index < -0.39 is 28.9 Å². The van der Waals surface area contributed by atoms with Crippen molar-refractivity contribution >= 4 is 34.4 Å². The van der Waals surface area contributed by atoms with Gasteiger partial charge < -0.3 is 0 Å². The molecule has 4 nitrogen and oxygen atoms in total. The Morgan fingerprint density at radius 3 is 2.65 bits per heavy atom. The Morgan fingerprint density at radius 1 is 1.27 bits per heavy atom. The number of ether oxygens (including phenoxy) is 1. The maximum absolute atomic E-state index is 13.5. The van der Waals surface area contributed by atoms with Crippen LogP contribution in [0.3, 0.4) is 0 Å². The quantitative estimate of drug-likeness (QED) is 0.675. The fourth-order valence-electron chi connectivity index (χ4n) is 2.80. The van der Waals surface area contributed by atoms with Gasteiger partial charge in [0.25, 0.3) is 0 Å². The van der Waals surface area contributed by atoms with Crippen LogP contribution in [0.2, 0.25) is 0 Å². The van der Waals surface area contributed by atoms with E-state index in [2.05, 4.69) is 5.32 Å². The predicted octanol–water partition coefficient (Wildman–Crippen LogP) is 3.32. The van der Waals surface area contributed by atoms with E-state index in [9.17, 15) is 14.3 Å². The normalized spacial score (nSPS) is 14.1. The molecule has 0 amide bonds. The van der Waals surface area contributed by atoms with Gasteiger partial charge in [0.15, 0.2) is 0 Å². The molecule has 0 bridgehead atoms. The molecule has 131 valence electrons. The van der Waals surface area contributed by atoms with E-state index in [1.807, 2.05) is 30.3 Å². The number of anilines is 1. The van der Waals surface area contributed by atoms with Gasteiger partial charge in [0.2, 0.25) is 0 Å². The summed E-state index contributed by atoms with van der Waals surface area (Å²) in [5.74, 6) is 0.419. The number of carbonyl (C=O) groups is 1. The van der Waals surface area contributed by atoms with Gasteiger partial charge in [-0.2, -0.15) is 0 Å². The Balaban J connectivity index is 1.96. The molecule has 6 heteroatoms. The summed E-state index contributed by atoms with van der Waals surface area (Å²) in [6.07, 6.45) is 1.37. The van der Waals surface area contributed by atoms with Crippen LogP contribution in [0.4, 0.5) is 10.1 Å². The van der Waals surface area contributed by atoms with E-state index in [0.29, 0.717) is 22.6 Å². The number of aliphatic hydroxyl groups excluding tert-OH is 1. The molecule has 1 unspecified atom stereocenters. The Hall–Kier alpha value is -2.05. The van der Waals surface area contributed by atoms with Gasteiger partial charge >= 0.3 is 163 Å². The molecule has 1 heterocycles. The number of nitrogens with one attached hydrogen (secondary N) is 1. The average Bonchev–Trinajstić information content (AvgIpc) is 3.12. The SMILES string of the molecule is COc1cc(CO)cc(NC(C(=O)C2=[CH][In][C](F)=C2)c2ccccc2)c1. The van der Waals surface area contributed by atoms with Crippen molar-refractivity contribution in [2.45, 2.75) is 12.6 Å². The molecule has 1 radical (unpaired) electrons. The third-order valence-corrected chi connectivity index (χ3v) is 6.98. The molecule has 3 rings (SSSR count). The van der Waals surface area contributed by atoms with Crippen LogP contribution in [-0.4, -0.2) is 40.9 Å².